The Morgan fingerprint density at radius 1 is 1.10 bits per heavy atom. The quantitative estimate of drug-likeness (QED) is 0.781. The van der Waals surface area contributed by atoms with Crippen LogP contribution in [-0.4, -0.2) is 10.2 Å². The van der Waals surface area contributed by atoms with E-state index in [9.17, 15) is 4.39 Å². The van der Waals surface area contributed by atoms with Crippen LogP contribution in [0.3, 0.4) is 0 Å². The van der Waals surface area contributed by atoms with Crippen LogP contribution in [0, 0.1) is 5.82 Å². The lowest BCUT2D eigenvalue weighted by Gasteiger charge is -1.98. The molecule has 2 heterocycles. The molecular weight excluding hydrogens is 277 g/mol. The summed E-state index contributed by atoms with van der Waals surface area (Å²) in [5.74, 6) is 0.252. The van der Waals surface area contributed by atoms with Crippen LogP contribution in [0.15, 0.2) is 45.5 Å². The van der Waals surface area contributed by atoms with Crippen molar-refractivity contribution in [2.45, 2.75) is 13.0 Å². The lowest BCUT2D eigenvalue weighted by atomic mass is 10.1. The van der Waals surface area contributed by atoms with Crippen molar-refractivity contribution in [1.82, 2.24) is 10.2 Å². The lowest BCUT2D eigenvalue weighted by Crippen LogP contribution is -1.97. The molecular formula is C14H12FN3OS. The molecule has 1 aromatic carbocycles. The fourth-order valence-electron chi connectivity index (χ4n) is 1.74. The molecule has 1 N–H and O–H groups in total. The van der Waals surface area contributed by atoms with E-state index in [-0.39, 0.29) is 5.82 Å². The highest BCUT2D eigenvalue weighted by Gasteiger charge is 2.07. The van der Waals surface area contributed by atoms with E-state index in [0.717, 1.165) is 5.56 Å². The van der Waals surface area contributed by atoms with Gasteiger partial charge in [0.25, 0.3) is 0 Å². The Kier molecular flexibility index (Phi) is 3.73. The van der Waals surface area contributed by atoms with Gasteiger partial charge in [-0.1, -0.05) is 17.2 Å². The minimum Gasteiger partial charge on any atom is -0.408 e. The second kappa shape index (κ2) is 5.83. The van der Waals surface area contributed by atoms with E-state index in [4.69, 9.17) is 4.42 Å². The van der Waals surface area contributed by atoms with Gasteiger partial charge in [0.2, 0.25) is 5.89 Å². The molecule has 20 heavy (non-hydrogen) atoms. The van der Waals surface area contributed by atoms with Gasteiger partial charge in [0.05, 0.1) is 6.42 Å². The molecule has 0 aliphatic carbocycles. The first-order valence-corrected chi connectivity index (χ1v) is 7.05. The highest BCUT2D eigenvalue weighted by atomic mass is 32.1. The normalized spacial score (nSPS) is 10.7. The molecule has 0 amide bonds. The number of rotatable bonds is 5. The average Bonchev–Trinajstić information content (AvgIpc) is 3.10. The van der Waals surface area contributed by atoms with Crippen molar-refractivity contribution in [3.05, 3.63) is 63.9 Å². The Hall–Kier alpha value is -2.21. The van der Waals surface area contributed by atoms with Gasteiger partial charge in [0.15, 0.2) is 0 Å². The molecule has 3 rings (SSSR count). The number of nitrogens with zero attached hydrogens (tertiary/aromatic N) is 2. The number of aromatic nitrogens is 2. The van der Waals surface area contributed by atoms with E-state index >= 15 is 0 Å². The van der Waals surface area contributed by atoms with E-state index in [0.29, 0.717) is 24.9 Å². The largest absolute Gasteiger partial charge is 0.408 e. The summed E-state index contributed by atoms with van der Waals surface area (Å²) in [6.45, 7) is 0.654. The van der Waals surface area contributed by atoms with Gasteiger partial charge in [-0.3, -0.25) is 0 Å². The van der Waals surface area contributed by atoms with Crippen molar-refractivity contribution in [2.75, 3.05) is 5.32 Å². The highest BCUT2D eigenvalue weighted by molar-refractivity contribution is 7.07. The zero-order valence-electron chi connectivity index (χ0n) is 10.5. The molecule has 4 nitrogen and oxygen atoms in total. The summed E-state index contributed by atoms with van der Waals surface area (Å²) < 4.78 is 18.3. The number of hydrogen-bond acceptors (Lipinski definition) is 5. The van der Waals surface area contributed by atoms with Gasteiger partial charge in [-0.15, -0.1) is 5.10 Å². The van der Waals surface area contributed by atoms with E-state index in [1.807, 2.05) is 11.4 Å². The Morgan fingerprint density at radius 3 is 2.70 bits per heavy atom. The molecule has 102 valence electrons. The first-order chi connectivity index (χ1) is 9.79. The van der Waals surface area contributed by atoms with Crippen molar-refractivity contribution in [3.63, 3.8) is 0 Å². The van der Waals surface area contributed by atoms with Gasteiger partial charge in [-0.05, 0) is 40.1 Å². The van der Waals surface area contributed by atoms with Crippen LogP contribution in [0.4, 0.5) is 10.4 Å². The molecule has 0 radical (unpaired) electrons. The van der Waals surface area contributed by atoms with Crippen LogP contribution in [0.25, 0.3) is 0 Å². The molecule has 0 saturated heterocycles. The summed E-state index contributed by atoms with van der Waals surface area (Å²) in [6.07, 6.45) is 0.493. The van der Waals surface area contributed by atoms with Gasteiger partial charge in [-0.25, -0.2) is 4.39 Å². The summed E-state index contributed by atoms with van der Waals surface area (Å²) in [4.78, 5) is 0. The lowest BCUT2D eigenvalue weighted by molar-refractivity contribution is 0.516. The molecule has 0 aliphatic rings. The molecule has 3 aromatic rings. The number of anilines is 1. The molecule has 0 aliphatic heterocycles. The van der Waals surface area contributed by atoms with Gasteiger partial charge >= 0.3 is 6.01 Å². The number of nitrogens with one attached hydrogen (secondary N) is 1. The third-order valence-corrected chi connectivity index (χ3v) is 3.49. The molecule has 0 fully saturated rings. The summed E-state index contributed by atoms with van der Waals surface area (Å²) >= 11 is 1.65. The third-order valence-electron chi connectivity index (χ3n) is 2.76. The Labute approximate surface area is 119 Å². The smallest absolute Gasteiger partial charge is 0.315 e. The second-order valence-electron chi connectivity index (χ2n) is 4.29. The molecule has 0 bridgehead atoms. The first-order valence-electron chi connectivity index (χ1n) is 6.11. The van der Waals surface area contributed by atoms with Gasteiger partial charge in [0.1, 0.15) is 5.82 Å². The van der Waals surface area contributed by atoms with Crippen LogP contribution in [0.2, 0.25) is 0 Å². The van der Waals surface area contributed by atoms with E-state index in [2.05, 4.69) is 20.9 Å². The van der Waals surface area contributed by atoms with E-state index < -0.39 is 0 Å². The Bertz CT molecular complexity index is 664. The standard InChI is InChI=1S/C14H12FN3OS/c15-12-3-1-10(2-4-12)7-13-17-18-14(19-13)16-8-11-5-6-20-9-11/h1-6,9H,7-8H2,(H,16,18). The minimum atomic E-state index is -0.252. The van der Waals surface area contributed by atoms with E-state index in [1.165, 1.54) is 17.7 Å². The third kappa shape index (κ3) is 3.21. The maximum Gasteiger partial charge on any atom is 0.315 e. The monoisotopic (exact) mass is 289 g/mol. The number of thiophene rings is 1. The van der Waals surface area contributed by atoms with Crippen LogP contribution >= 0.6 is 11.3 Å². The molecule has 6 heteroatoms. The predicted octanol–water partition coefficient (Wildman–Crippen LogP) is 3.47. The van der Waals surface area contributed by atoms with Crippen LogP contribution in [-0.2, 0) is 13.0 Å². The summed E-state index contributed by atoms with van der Waals surface area (Å²) in [6, 6.07) is 8.68. The van der Waals surface area contributed by atoms with Crippen molar-refractivity contribution >= 4 is 17.4 Å². The minimum absolute atomic E-state index is 0.252. The first kappa shape index (κ1) is 12.8. The fraction of sp³-hybridized carbons (Fsp3) is 0.143. The maximum atomic E-state index is 12.8. The zero-order valence-corrected chi connectivity index (χ0v) is 11.4. The maximum absolute atomic E-state index is 12.8. The SMILES string of the molecule is Fc1ccc(Cc2nnc(NCc3ccsc3)o2)cc1. The summed E-state index contributed by atoms with van der Waals surface area (Å²) in [5.41, 5.74) is 2.10. The van der Waals surface area contributed by atoms with E-state index in [1.54, 1.807) is 23.5 Å². The Balaban J connectivity index is 1.60. The van der Waals surface area contributed by atoms with Crippen molar-refractivity contribution < 1.29 is 8.81 Å². The van der Waals surface area contributed by atoms with Gasteiger partial charge < -0.3 is 9.73 Å². The fourth-order valence-corrected chi connectivity index (χ4v) is 2.41. The topological polar surface area (TPSA) is 51.0 Å². The number of halogens is 1. The molecule has 0 unspecified atom stereocenters. The Morgan fingerprint density at radius 2 is 1.95 bits per heavy atom. The van der Waals surface area contributed by atoms with Gasteiger partial charge in [0, 0.05) is 6.54 Å². The molecule has 2 aromatic heterocycles. The van der Waals surface area contributed by atoms with Crippen LogP contribution in [0.5, 0.6) is 0 Å². The molecule has 0 spiro atoms. The number of hydrogen-bond donors (Lipinski definition) is 1. The van der Waals surface area contributed by atoms with Crippen molar-refractivity contribution in [2.24, 2.45) is 0 Å². The highest BCUT2D eigenvalue weighted by Crippen LogP contribution is 2.13. The van der Waals surface area contributed by atoms with Crippen molar-refractivity contribution in [1.29, 1.82) is 0 Å². The molecule has 0 atom stereocenters. The molecule has 0 saturated carbocycles. The van der Waals surface area contributed by atoms with Crippen LogP contribution in [0.1, 0.15) is 17.0 Å². The average molecular weight is 289 g/mol. The predicted molar refractivity (Wildman–Crippen MR) is 75.1 cm³/mol. The van der Waals surface area contributed by atoms with Crippen LogP contribution < -0.4 is 5.32 Å². The second-order valence-corrected chi connectivity index (χ2v) is 5.07. The zero-order chi connectivity index (χ0) is 13.8. The van der Waals surface area contributed by atoms with Crippen molar-refractivity contribution in [3.8, 4) is 0 Å². The number of benzene rings is 1. The summed E-state index contributed by atoms with van der Waals surface area (Å²) in [5, 5.41) is 15.0. The van der Waals surface area contributed by atoms with Gasteiger partial charge in [-0.2, -0.15) is 11.3 Å². The summed E-state index contributed by atoms with van der Waals surface area (Å²) in [7, 11) is 0.